The van der Waals surface area contributed by atoms with E-state index >= 15 is 0 Å². The molecule has 88 valence electrons. The Morgan fingerprint density at radius 3 is 2.75 bits per heavy atom. The zero-order chi connectivity index (χ0) is 11.6. The van der Waals surface area contributed by atoms with Crippen LogP contribution in [0.15, 0.2) is 11.2 Å². The topological polar surface area (TPSA) is 72.0 Å². The van der Waals surface area contributed by atoms with Gasteiger partial charge in [0.2, 0.25) is 0 Å². The number of nitrogen functional groups attached to an aromatic ring is 1. The molecule has 1 fully saturated rings. The van der Waals surface area contributed by atoms with Gasteiger partial charge in [-0.05, 0) is 19.8 Å². The van der Waals surface area contributed by atoms with Gasteiger partial charge in [0.05, 0.1) is 5.60 Å². The SMILES string of the molecule is Cc1cc(N)nc(SCC2(O)CCCC2)n1. The highest BCUT2D eigenvalue weighted by Crippen LogP contribution is 2.33. The van der Waals surface area contributed by atoms with Crippen LogP contribution in [0.5, 0.6) is 0 Å². The molecule has 4 nitrogen and oxygen atoms in total. The molecule has 1 aliphatic carbocycles. The molecule has 1 saturated carbocycles. The second-order valence-electron chi connectivity index (χ2n) is 4.44. The van der Waals surface area contributed by atoms with E-state index in [-0.39, 0.29) is 0 Å². The summed E-state index contributed by atoms with van der Waals surface area (Å²) < 4.78 is 0. The van der Waals surface area contributed by atoms with E-state index in [1.807, 2.05) is 6.92 Å². The number of anilines is 1. The van der Waals surface area contributed by atoms with Crippen molar-refractivity contribution in [1.29, 1.82) is 0 Å². The number of aromatic nitrogens is 2. The van der Waals surface area contributed by atoms with Crippen molar-refractivity contribution < 1.29 is 5.11 Å². The highest BCUT2D eigenvalue weighted by Gasteiger charge is 2.31. The van der Waals surface area contributed by atoms with Crippen molar-refractivity contribution in [2.75, 3.05) is 11.5 Å². The van der Waals surface area contributed by atoms with Crippen molar-refractivity contribution >= 4 is 17.6 Å². The summed E-state index contributed by atoms with van der Waals surface area (Å²) in [4.78, 5) is 8.43. The molecule has 0 unspecified atom stereocenters. The van der Waals surface area contributed by atoms with Crippen molar-refractivity contribution in [2.24, 2.45) is 0 Å². The quantitative estimate of drug-likeness (QED) is 0.621. The number of aliphatic hydroxyl groups is 1. The Morgan fingerprint density at radius 1 is 1.44 bits per heavy atom. The maximum atomic E-state index is 10.2. The van der Waals surface area contributed by atoms with Crippen LogP contribution in [0, 0.1) is 6.92 Å². The predicted molar refractivity (Wildman–Crippen MR) is 65.3 cm³/mol. The minimum absolute atomic E-state index is 0.494. The van der Waals surface area contributed by atoms with Crippen molar-refractivity contribution in [1.82, 2.24) is 9.97 Å². The average molecular weight is 239 g/mol. The van der Waals surface area contributed by atoms with E-state index in [1.54, 1.807) is 6.07 Å². The number of hydrogen-bond acceptors (Lipinski definition) is 5. The molecule has 0 bridgehead atoms. The van der Waals surface area contributed by atoms with Gasteiger partial charge in [-0.25, -0.2) is 9.97 Å². The van der Waals surface area contributed by atoms with Crippen LogP contribution in [0.25, 0.3) is 0 Å². The molecule has 1 aliphatic rings. The van der Waals surface area contributed by atoms with E-state index in [0.29, 0.717) is 16.7 Å². The van der Waals surface area contributed by atoms with E-state index in [2.05, 4.69) is 9.97 Å². The zero-order valence-electron chi connectivity index (χ0n) is 9.44. The third-order valence-electron chi connectivity index (χ3n) is 2.86. The van der Waals surface area contributed by atoms with Gasteiger partial charge in [-0.3, -0.25) is 0 Å². The minimum Gasteiger partial charge on any atom is -0.389 e. The highest BCUT2D eigenvalue weighted by atomic mass is 32.2. The standard InChI is InChI=1S/C11H17N3OS/c1-8-6-9(12)14-10(13-8)16-7-11(15)4-2-3-5-11/h6,15H,2-5,7H2,1H3,(H2,12,13,14). The van der Waals surface area contributed by atoms with Crippen LogP contribution >= 0.6 is 11.8 Å². The van der Waals surface area contributed by atoms with Crippen LogP contribution < -0.4 is 5.73 Å². The lowest BCUT2D eigenvalue weighted by Crippen LogP contribution is -2.27. The van der Waals surface area contributed by atoms with Crippen molar-refractivity contribution in [2.45, 2.75) is 43.4 Å². The van der Waals surface area contributed by atoms with Gasteiger partial charge in [-0.2, -0.15) is 0 Å². The number of hydrogen-bond donors (Lipinski definition) is 2. The first-order valence-electron chi connectivity index (χ1n) is 5.54. The van der Waals surface area contributed by atoms with Gasteiger partial charge in [-0.15, -0.1) is 0 Å². The Morgan fingerprint density at radius 2 is 2.12 bits per heavy atom. The number of aryl methyl sites for hydroxylation is 1. The van der Waals surface area contributed by atoms with Crippen LogP contribution in [0.1, 0.15) is 31.4 Å². The molecular weight excluding hydrogens is 222 g/mol. The summed E-state index contributed by atoms with van der Waals surface area (Å²) in [5.74, 6) is 1.16. The highest BCUT2D eigenvalue weighted by molar-refractivity contribution is 7.99. The first kappa shape index (κ1) is 11.7. The summed E-state index contributed by atoms with van der Waals surface area (Å²) in [5, 5.41) is 10.8. The smallest absolute Gasteiger partial charge is 0.189 e. The van der Waals surface area contributed by atoms with Gasteiger partial charge in [0.1, 0.15) is 5.82 Å². The average Bonchev–Trinajstić information content (AvgIpc) is 2.62. The van der Waals surface area contributed by atoms with Crippen LogP contribution in [0.2, 0.25) is 0 Å². The fourth-order valence-electron chi connectivity index (χ4n) is 2.01. The lowest BCUT2D eigenvalue weighted by atomic mass is 10.1. The molecule has 3 N–H and O–H groups in total. The summed E-state index contributed by atoms with van der Waals surface area (Å²) in [6, 6.07) is 1.74. The largest absolute Gasteiger partial charge is 0.389 e. The van der Waals surface area contributed by atoms with Crippen LogP contribution in [0.3, 0.4) is 0 Å². The number of nitrogens with two attached hydrogens (primary N) is 1. The van der Waals surface area contributed by atoms with Crippen molar-refractivity contribution in [3.63, 3.8) is 0 Å². The molecule has 1 aromatic rings. The van der Waals surface area contributed by atoms with E-state index in [9.17, 15) is 5.11 Å². The molecule has 0 radical (unpaired) electrons. The van der Waals surface area contributed by atoms with Crippen LogP contribution in [-0.2, 0) is 0 Å². The number of rotatable bonds is 3. The van der Waals surface area contributed by atoms with Crippen LogP contribution in [0.4, 0.5) is 5.82 Å². The predicted octanol–water partition coefficient (Wildman–Crippen LogP) is 1.76. The third kappa shape index (κ3) is 2.86. The molecule has 0 aliphatic heterocycles. The van der Waals surface area contributed by atoms with E-state index < -0.39 is 5.60 Å². The fourth-order valence-corrected chi connectivity index (χ4v) is 3.07. The Labute approximate surface area is 99.7 Å². The lowest BCUT2D eigenvalue weighted by molar-refractivity contribution is 0.0732. The van der Waals surface area contributed by atoms with Crippen molar-refractivity contribution in [3.05, 3.63) is 11.8 Å². The van der Waals surface area contributed by atoms with Gasteiger partial charge < -0.3 is 10.8 Å². The first-order valence-corrected chi connectivity index (χ1v) is 6.52. The number of nitrogens with zero attached hydrogens (tertiary/aromatic N) is 2. The minimum atomic E-state index is -0.521. The molecule has 16 heavy (non-hydrogen) atoms. The molecular formula is C11H17N3OS. The monoisotopic (exact) mass is 239 g/mol. The third-order valence-corrected chi connectivity index (χ3v) is 3.98. The zero-order valence-corrected chi connectivity index (χ0v) is 10.3. The molecule has 0 atom stereocenters. The van der Waals surface area contributed by atoms with Gasteiger partial charge in [0.15, 0.2) is 5.16 Å². The summed E-state index contributed by atoms with van der Waals surface area (Å²) in [7, 11) is 0. The van der Waals surface area contributed by atoms with Gasteiger partial charge in [0.25, 0.3) is 0 Å². The fraction of sp³-hybridized carbons (Fsp3) is 0.636. The summed E-state index contributed by atoms with van der Waals surface area (Å²) in [6.07, 6.45) is 4.02. The Balaban J connectivity index is 1.98. The van der Waals surface area contributed by atoms with E-state index in [4.69, 9.17) is 5.73 Å². The normalized spacial score (nSPS) is 18.9. The molecule has 0 amide bonds. The van der Waals surface area contributed by atoms with Crippen molar-refractivity contribution in [3.8, 4) is 0 Å². The Bertz CT molecular complexity index is 357. The molecule has 0 spiro atoms. The van der Waals surface area contributed by atoms with E-state index in [0.717, 1.165) is 31.4 Å². The molecule has 2 rings (SSSR count). The number of thioether (sulfide) groups is 1. The Hall–Kier alpha value is -0.810. The van der Waals surface area contributed by atoms with Gasteiger partial charge >= 0.3 is 0 Å². The second kappa shape index (κ2) is 4.59. The second-order valence-corrected chi connectivity index (χ2v) is 5.38. The molecule has 1 aromatic heterocycles. The van der Waals surface area contributed by atoms with Gasteiger partial charge in [0, 0.05) is 17.5 Å². The molecule has 0 saturated heterocycles. The molecule has 1 heterocycles. The summed E-state index contributed by atoms with van der Waals surface area (Å²) >= 11 is 1.49. The summed E-state index contributed by atoms with van der Waals surface area (Å²) in [5.41, 5.74) is 6.00. The summed E-state index contributed by atoms with van der Waals surface area (Å²) in [6.45, 7) is 1.90. The maximum absolute atomic E-state index is 10.2. The maximum Gasteiger partial charge on any atom is 0.189 e. The first-order chi connectivity index (χ1) is 7.57. The molecule has 5 heteroatoms. The van der Waals surface area contributed by atoms with E-state index in [1.165, 1.54) is 11.8 Å². The van der Waals surface area contributed by atoms with Gasteiger partial charge in [-0.1, -0.05) is 24.6 Å². The Kier molecular flexibility index (Phi) is 3.35. The molecule has 0 aromatic carbocycles. The van der Waals surface area contributed by atoms with Crippen LogP contribution in [-0.4, -0.2) is 26.4 Å². The lowest BCUT2D eigenvalue weighted by Gasteiger charge is -2.20.